The number of rotatable bonds is 2. The van der Waals surface area contributed by atoms with Gasteiger partial charge in [0.25, 0.3) is 5.82 Å². The summed E-state index contributed by atoms with van der Waals surface area (Å²) >= 11 is 0. The van der Waals surface area contributed by atoms with Crippen LogP contribution in [0.4, 0.5) is 0 Å². The topological polar surface area (TPSA) is 125 Å². The molecule has 3 N–H and O–H groups in total. The summed E-state index contributed by atoms with van der Waals surface area (Å²) in [6.45, 7) is 0.329. The first kappa shape index (κ1) is 11.0. The molecule has 1 saturated heterocycles. The molecule has 0 aliphatic carbocycles. The van der Waals surface area contributed by atoms with E-state index >= 15 is 0 Å². The number of hydrogen-bond acceptors (Lipinski definition) is 6. The molecule has 2 heterocycles. The Bertz CT molecular complexity index is 508. The van der Waals surface area contributed by atoms with E-state index < -0.39 is 21.8 Å². The SMILES string of the molecule is O=C(O)c1n[nH]c(C2CS(=O)(=O)CCN2)n1. The first-order valence-corrected chi connectivity index (χ1v) is 6.39. The van der Waals surface area contributed by atoms with E-state index in [9.17, 15) is 13.2 Å². The first-order valence-electron chi connectivity index (χ1n) is 4.57. The number of H-pyrrole nitrogens is 1. The predicted octanol–water partition coefficient (Wildman–Crippen LogP) is -1.44. The number of sulfone groups is 1. The zero-order valence-electron chi connectivity index (χ0n) is 8.17. The maximum Gasteiger partial charge on any atom is 0.375 e. The molecule has 9 heteroatoms. The number of hydrogen-bond donors (Lipinski definition) is 3. The Morgan fingerprint density at radius 3 is 2.81 bits per heavy atom. The number of aromatic amines is 1. The zero-order chi connectivity index (χ0) is 11.8. The van der Waals surface area contributed by atoms with Gasteiger partial charge in [-0.05, 0) is 0 Å². The normalized spacial score (nSPS) is 24.1. The Morgan fingerprint density at radius 1 is 1.50 bits per heavy atom. The van der Waals surface area contributed by atoms with Gasteiger partial charge in [0.15, 0.2) is 9.84 Å². The van der Waals surface area contributed by atoms with Gasteiger partial charge in [-0.1, -0.05) is 0 Å². The molecule has 1 aliphatic rings. The van der Waals surface area contributed by atoms with Gasteiger partial charge in [-0.2, -0.15) is 0 Å². The average Bonchev–Trinajstić information content (AvgIpc) is 2.64. The molecule has 0 bridgehead atoms. The lowest BCUT2D eigenvalue weighted by Crippen LogP contribution is -2.39. The lowest BCUT2D eigenvalue weighted by atomic mass is 10.3. The molecule has 1 aliphatic heterocycles. The summed E-state index contributed by atoms with van der Waals surface area (Å²) in [7, 11) is -3.09. The van der Waals surface area contributed by atoms with Crippen LogP contribution in [0, 0.1) is 0 Å². The molecule has 0 radical (unpaired) electrons. The molecule has 88 valence electrons. The molecule has 2 rings (SSSR count). The molecule has 1 fully saturated rings. The van der Waals surface area contributed by atoms with Gasteiger partial charge in [0.1, 0.15) is 5.82 Å². The number of nitrogens with zero attached hydrogens (tertiary/aromatic N) is 2. The molecule has 1 unspecified atom stereocenters. The molecule has 1 aromatic rings. The van der Waals surface area contributed by atoms with Gasteiger partial charge in [0.05, 0.1) is 17.5 Å². The zero-order valence-corrected chi connectivity index (χ0v) is 8.99. The van der Waals surface area contributed by atoms with Crippen LogP contribution in [0.5, 0.6) is 0 Å². The van der Waals surface area contributed by atoms with E-state index in [1.54, 1.807) is 0 Å². The third-order valence-corrected chi connectivity index (χ3v) is 3.92. The Morgan fingerprint density at radius 2 is 2.25 bits per heavy atom. The summed E-state index contributed by atoms with van der Waals surface area (Å²) in [5.41, 5.74) is 0. The van der Waals surface area contributed by atoms with Crippen molar-refractivity contribution in [3.63, 3.8) is 0 Å². The summed E-state index contributed by atoms with van der Waals surface area (Å²) in [4.78, 5) is 14.2. The van der Waals surface area contributed by atoms with E-state index in [2.05, 4.69) is 20.5 Å². The van der Waals surface area contributed by atoms with E-state index in [-0.39, 0.29) is 23.2 Å². The number of aromatic nitrogens is 3. The van der Waals surface area contributed by atoms with Crippen molar-refractivity contribution in [2.75, 3.05) is 18.1 Å². The lowest BCUT2D eigenvalue weighted by Gasteiger charge is -2.21. The fraction of sp³-hybridized carbons (Fsp3) is 0.571. The van der Waals surface area contributed by atoms with Crippen molar-refractivity contribution in [3.8, 4) is 0 Å². The summed E-state index contributed by atoms with van der Waals surface area (Å²) in [5, 5.41) is 17.4. The Labute approximate surface area is 91.0 Å². The standard InChI is InChI=1S/C7H10N4O4S/c12-7(13)6-9-5(10-11-6)4-3-16(14,15)2-1-8-4/h4,8H,1-3H2,(H,12,13)(H,9,10,11). The van der Waals surface area contributed by atoms with Crippen molar-refractivity contribution < 1.29 is 18.3 Å². The van der Waals surface area contributed by atoms with Crippen LogP contribution in [0.2, 0.25) is 0 Å². The van der Waals surface area contributed by atoms with Gasteiger partial charge in [-0.3, -0.25) is 5.10 Å². The van der Waals surface area contributed by atoms with Crippen molar-refractivity contribution in [1.82, 2.24) is 20.5 Å². The van der Waals surface area contributed by atoms with Crippen LogP contribution in [0.15, 0.2) is 0 Å². The van der Waals surface area contributed by atoms with Gasteiger partial charge >= 0.3 is 5.97 Å². The fourth-order valence-corrected chi connectivity index (χ4v) is 2.87. The second kappa shape index (κ2) is 3.83. The van der Waals surface area contributed by atoms with E-state index in [0.29, 0.717) is 6.54 Å². The average molecular weight is 246 g/mol. The van der Waals surface area contributed by atoms with Gasteiger partial charge in [-0.25, -0.2) is 18.2 Å². The third kappa shape index (κ3) is 2.19. The highest BCUT2D eigenvalue weighted by Gasteiger charge is 2.28. The van der Waals surface area contributed by atoms with Crippen molar-refractivity contribution >= 4 is 15.8 Å². The van der Waals surface area contributed by atoms with E-state index in [1.165, 1.54) is 0 Å². The Hall–Kier alpha value is -1.48. The molecule has 0 aromatic carbocycles. The molecule has 16 heavy (non-hydrogen) atoms. The van der Waals surface area contributed by atoms with Crippen LogP contribution in [-0.4, -0.2) is 52.7 Å². The minimum Gasteiger partial charge on any atom is -0.475 e. The Balaban J connectivity index is 2.20. The predicted molar refractivity (Wildman–Crippen MR) is 52.7 cm³/mol. The van der Waals surface area contributed by atoms with Crippen LogP contribution in [-0.2, 0) is 9.84 Å². The number of nitrogens with one attached hydrogen (secondary N) is 2. The van der Waals surface area contributed by atoms with Crippen LogP contribution < -0.4 is 5.32 Å². The number of carbonyl (C=O) groups is 1. The fourth-order valence-electron chi connectivity index (χ4n) is 1.49. The van der Waals surface area contributed by atoms with Crippen molar-refractivity contribution in [3.05, 3.63) is 11.6 Å². The molecule has 1 aromatic heterocycles. The molecule has 0 amide bonds. The monoisotopic (exact) mass is 246 g/mol. The van der Waals surface area contributed by atoms with E-state index in [1.807, 2.05) is 0 Å². The molecule has 0 spiro atoms. The van der Waals surface area contributed by atoms with Gasteiger partial charge < -0.3 is 10.4 Å². The van der Waals surface area contributed by atoms with Gasteiger partial charge in [0, 0.05) is 6.54 Å². The smallest absolute Gasteiger partial charge is 0.375 e. The Kier molecular flexibility index (Phi) is 2.64. The molecule has 1 atom stereocenters. The maximum absolute atomic E-state index is 11.4. The molecular formula is C7H10N4O4S. The van der Waals surface area contributed by atoms with Crippen molar-refractivity contribution in [1.29, 1.82) is 0 Å². The van der Waals surface area contributed by atoms with Crippen molar-refractivity contribution in [2.24, 2.45) is 0 Å². The minimum atomic E-state index is -3.09. The summed E-state index contributed by atoms with van der Waals surface area (Å²) in [5.74, 6) is -1.38. The third-order valence-electron chi connectivity index (χ3n) is 2.25. The first-order chi connectivity index (χ1) is 7.48. The second-order valence-corrected chi connectivity index (χ2v) is 5.70. The van der Waals surface area contributed by atoms with E-state index in [4.69, 9.17) is 5.11 Å². The van der Waals surface area contributed by atoms with Crippen LogP contribution in [0.1, 0.15) is 22.5 Å². The molecular weight excluding hydrogens is 236 g/mol. The minimum absolute atomic E-state index is 0.0867. The molecule has 8 nitrogen and oxygen atoms in total. The van der Waals surface area contributed by atoms with Gasteiger partial charge in [-0.15, -0.1) is 5.10 Å². The number of carboxylic acids is 1. The summed E-state index contributed by atoms with van der Waals surface area (Å²) in [6.07, 6.45) is 0. The highest BCUT2D eigenvalue weighted by molar-refractivity contribution is 7.91. The lowest BCUT2D eigenvalue weighted by molar-refractivity contribution is 0.0684. The number of carboxylic acid groups (broad SMARTS) is 1. The molecule has 0 saturated carbocycles. The largest absolute Gasteiger partial charge is 0.475 e. The van der Waals surface area contributed by atoms with Crippen LogP contribution in [0.25, 0.3) is 0 Å². The highest BCUT2D eigenvalue weighted by atomic mass is 32.2. The highest BCUT2D eigenvalue weighted by Crippen LogP contribution is 2.14. The quantitative estimate of drug-likeness (QED) is 0.583. The maximum atomic E-state index is 11.4. The summed E-state index contributed by atoms with van der Waals surface area (Å²) in [6, 6.07) is -0.514. The van der Waals surface area contributed by atoms with Crippen molar-refractivity contribution in [2.45, 2.75) is 6.04 Å². The van der Waals surface area contributed by atoms with Crippen LogP contribution >= 0.6 is 0 Å². The second-order valence-electron chi connectivity index (χ2n) is 3.47. The summed E-state index contributed by atoms with van der Waals surface area (Å²) < 4.78 is 22.7. The number of aromatic carboxylic acids is 1. The van der Waals surface area contributed by atoms with E-state index in [0.717, 1.165) is 0 Å². The van der Waals surface area contributed by atoms with Gasteiger partial charge in [0.2, 0.25) is 0 Å². The van der Waals surface area contributed by atoms with Crippen LogP contribution in [0.3, 0.4) is 0 Å².